The van der Waals surface area contributed by atoms with Gasteiger partial charge in [0.15, 0.2) is 6.61 Å². The molecule has 0 saturated carbocycles. The van der Waals surface area contributed by atoms with Crippen LogP contribution in [0, 0.1) is 0 Å². The highest BCUT2D eigenvalue weighted by Crippen LogP contribution is 2.24. The fraction of sp³-hybridized carbons (Fsp3) is 0.300. The molecular weight excluding hydrogens is 318 g/mol. The van der Waals surface area contributed by atoms with Crippen LogP contribution in [0.2, 0.25) is 0 Å². The highest BCUT2D eigenvalue weighted by Gasteiger charge is 2.15. The molecule has 5 nitrogen and oxygen atoms in total. The van der Waals surface area contributed by atoms with Crippen LogP contribution in [0.5, 0.6) is 5.75 Å². The predicted octanol–water partition coefficient (Wildman–Crippen LogP) is 4.00. The minimum atomic E-state index is -0.469. The van der Waals surface area contributed by atoms with E-state index in [1.807, 2.05) is 24.3 Å². The first-order chi connectivity index (χ1) is 12.0. The van der Waals surface area contributed by atoms with Gasteiger partial charge in [0.2, 0.25) is 0 Å². The molecule has 0 aliphatic heterocycles. The van der Waals surface area contributed by atoms with Gasteiger partial charge in [-0.3, -0.25) is 4.79 Å². The molecular formula is C20H23NO4. The summed E-state index contributed by atoms with van der Waals surface area (Å²) in [6.45, 7) is 5.96. The number of hydrogen-bond acceptors (Lipinski definition) is 4. The van der Waals surface area contributed by atoms with Crippen molar-refractivity contribution in [3.8, 4) is 5.75 Å². The van der Waals surface area contributed by atoms with E-state index < -0.39 is 5.97 Å². The first-order valence-electron chi connectivity index (χ1n) is 8.30. The second-order valence-corrected chi connectivity index (χ2v) is 5.80. The van der Waals surface area contributed by atoms with Crippen LogP contribution in [-0.2, 0) is 9.53 Å². The van der Waals surface area contributed by atoms with Gasteiger partial charge in [-0.25, -0.2) is 4.79 Å². The third kappa shape index (κ3) is 5.08. The van der Waals surface area contributed by atoms with Crippen molar-refractivity contribution in [2.75, 3.05) is 18.5 Å². The van der Waals surface area contributed by atoms with E-state index in [4.69, 9.17) is 9.47 Å². The largest absolute Gasteiger partial charge is 0.483 e. The van der Waals surface area contributed by atoms with Crippen LogP contribution in [-0.4, -0.2) is 25.1 Å². The van der Waals surface area contributed by atoms with E-state index in [-0.39, 0.29) is 19.1 Å². The maximum Gasteiger partial charge on any atom is 0.341 e. The van der Waals surface area contributed by atoms with Gasteiger partial charge in [-0.15, -0.1) is 0 Å². The lowest BCUT2D eigenvalue weighted by Crippen LogP contribution is -2.22. The fourth-order valence-corrected chi connectivity index (χ4v) is 2.41. The Hall–Kier alpha value is -2.82. The molecule has 0 aliphatic carbocycles. The van der Waals surface area contributed by atoms with E-state index in [2.05, 4.69) is 19.2 Å². The summed E-state index contributed by atoms with van der Waals surface area (Å²) >= 11 is 0. The maximum absolute atomic E-state index is 12.2. The molecule has 0 heterocycles. The Labute approximate surface area is 148 Å². The normalized spacial score (nSPS) is 10.4. The molecule has 0 aliphatic rings. The number of para-hydroxylation sites is 2. The van der Waals surface area contributed by atoms with Crippen LogP contribution in [0.25, 0.3) is 0 Å². The maximum atomic E-state index is 12.2. The molecule has 0 aromatic heterocycles. The van der Waals surface area contributed by atoms with Crippen molar-refractivity contribution in [1.29, 1.82) is 0 Å². The molecule has 25 heavy (non-hydrogen) atoms. The number of rotatable bonds is 7. The summed E-state index contributed by atoms with van der Waals surface area (Å²) in [7, 11) is 0. The average Bonchev–Trinajstić information content (AvgIpc) is 2.60. The summed E-state index contributed by atoms with van der Waals surface area (Å²) in [5.74, 6) is -0.134. The molecule has 2 aromatic rings. The zero-order valence-electron chi connectivity index (χ0n) is 14.7. The van der Waals surface area contributed by atoms with E-state index in [0.717, 1.165) is 11.3 Å². The van der Waals surface area contributed by atoms with Gasteiger partial charge in [-0.1, -0.05) is 44.2 Å². The predicted molar refractivity (Wildman–Crippen MR) is 97.1 cm³/mol. The van der Waals surface area contributed by atoms with Gasteiger partial charge in [0.25, 0.3) is 5.91 Å². The zero-order valence-corrected chi connectivity index (χ0v) is 14.7. The lowest BCUT2D eigenvalue weighted by molar-refractivity contribution is -0.118. The van der Waals surface area contributed by atoms with Crippen LogP contribution >= 0.6 is 0 Å². The van der Waals surface area contributed by atoms with Crippen LogP contribution in [0.1, 0.15) is 42.6 Å². The Morgan fingerprint density at radius 3 is 2.44 bits per heavy atom. The second kappa shape index (κ2) is 8.87. The fourth-order valence-electron chi connectivity index (χ4n) is 2.41. The lowest BCUT2D eigenvalue weighted by atomic mass is 10.0. The molecule has 0 spiro atoms. The first kappa shape index (κ1) is 18.5. The minimum absolute atomic E-state index is 0.192. The standard InChI is InChI=1S/C20H23NO4/c1-4-24-20(23)16-10-6-8-12-18(16)25-13-19(22)21-17-11-7-5-9-15(17)14(2)3/h5-12,14H,4,13H2,1-3H3,(H,21,22). The van der Waals surface area contributed by atoms with Gasteiger partial charge in [-0.05, 0) is 36.6 Å². The van der Waals surface area contributed by atoms with Crippen molar-refractivity contribution < 1.29 is 19.1 Å². The zero-order chi connectivity index (χ0) is 18.2. The first-order valence-corrected chi connectivity index (χ1v) is 8.30. The monoisotopic (exact) mass is 341 g/mol. The van der Waals surface area contributed by atoms with E-state index in [0.29, 0.717) is 17.2 Å². The lowest BCUT2D eigenvalue weighted by Gasteiger charge is -2.14. The molecule has 5 heteroatoms. The molecule has 2 aromatic carbocycles. The van der Waals surface area contributed by atoms with Gasteiger partial charge in [0.05, 0.1) is 6.61 Å². The van der Waals surface area contributed by atoms with Gasteiger partial charge in [0, 0.05) is 5.69 Å². The third-order valence-corrected chi connectivity index (χ3v) is 3.60. The topological polar surface area (TPSA) is 64.6 Å². The molecule has 0 bridgehead atoms. The number of amides is 1. The van der Waals surface area contributed by atoms with E-state index in [1.165, 1.54) is 0 Å². The van der Waals surface area contributed by atoms with Crippen molar-refractivity contribution >= 4 is 17.6 Å². The number of carbonyl (C=O) groups is 2. The van der Waals surface area contributed by atoms with Crippen molar-refractivity contribution in [2.45, 2.75) is 26.7 Å². The number of esters is 1. The van der Waals surface area contributed by atoms with E-state index in [9.17, 15) is 9.59 Å². The number of carbonyl (C=O) groups excluding carboxylic acids is 2. The average molecular weight is 341 g/mol. The van der Waals surface area contributed by atoms with Crippen LogP contribution in [0.4, 0.5) is 5.69 Å². The number of ether oxygens (including phenoxy) is 2. The van der Waals surface area contributed by atoms with Gasteiger partial charge in [0.1, 0.15) is 11.3 Å². The Morgan fingerprint density at radius 2 is 1.72 bits per heavy atom. The van der Waals surface area contributed by atoms with Crippen molar-refractivity contribution in [3.05, 3.63) is 59.7 Å². The Kier molecular flexibility index (Phi) is 6.57. The van der Waals surface area contributed by atoms with Crippen LogP contribution in [0.3, 0.4) is 0 Å². The molecule has 132 valence electrons. The minimum Gasteiger partial charge on any atom is -0.483 e. The highest BCUT2D eigenvalue weighted by molar-refractivity contribution is 5.94. The molecule has 0 radical (unpaired) electrons. The van der Waals surface area contributed by atoms with Crippen molar-refractivity contribution in [3.63, 3.8) is 0 Å². The summed E-state index contributed by atoms with van der Waals surface area (Å²) in [6, 6.07) is 14.4. The van der Waals surface area contributed by atoms with Crippen molar-refractivity contribution in [1.82, 2.24) is 0 Å². The molecule has 0 atom stereocenters. The molecule has 0 fully saturated rings. The number of anilines is 1. The SMILES string of the molecule is CCOC(=O)c1ccccc1OCC(=O)Nc1ccccc1C(C)C. The summed E-state index contributed by atoms with van der Waals surface area (Å²) in [4.78, 5) is 24.1. The smallest absolute Gasteiger partial charge is 0.341 e. The van der Waals surface area contributed by atoms with Crippen molar-refractivity contribution in [2.24, 2.45) is 0 Å². The summed E-state index contributed by atoms with van der Waals surface area (Å²) in [5, 5.41) is 2.86. The molecule has 0 saturated heterocycles. The van der Waals surface area contributed by atoms with Crippen LogP contribution < -0.4 is 10.1 Å². The van der Waals surface area contributed by atoms with Gasteiger partial charge < -0.3 is 14.8 Å². The number of benzene rings is 2. The number of hydrogen-bond donors (Lipinski definition) is 1. The van der Waals surface area contributed by atoms with E-state index >= 15 is 0 Å². The van der Waals surface area contributed by atoms with Crippen LogP contribution in [0.15, 0.2) is 48.5 Å². The highest BCUT2D eigenvalue weighted by atomic mass is 16.5. The van der Waals surface area contributed by atoms with Gasteiger partial charge in [-0.2, -0.15) is 0 Å². The Morgan fingerprint density at radius 1 is 1.04 bits per heavy atom. The quantitative estimate of drug-likeness (QED) is 0.773. The summed E-state index contributed by atoms with van der Waals surface area (Å²) < 4.78 is 10.5. The van der Waals surface area contributed by atoms with Gasteiger partial charge >= 0.3 is 5.97 Å². The molecule has 1 amide bonds. The third-order valence-electron chi connectivity index (χ3n) is 3.60. The Balaban J connectivity index is 2.03. The molecule has 1 N–H and O–H groups in total. The second-order valence-electron chi connectivity index (χ2n) is 5.80. The summed E-state index contributed by atoms with van der Waals surface area (Å²) in [6.07, 6.45) is 0. The molecule has 2 rings (SSSR count). The number of nitrogens with one attached hydrogen (secondary N) is 1. The Bertz CT molecular complexity index is 740. The van der Waals surface area contributed by atoms with E-state index in [1.54, 1.807) is 31.2 Å². The summed E-state index contributed by atoms with van der Waals surface area (Å²) in [5.41, 5.74) is 2.13. The molecule has 0 unspecified atom stereocenters.